The molecule has 9 aliphatic carbocycles. The summed E-state index contributed by atoms with van der Waals surface area (Å²) in [5, 5.41) is 71.1. The van der Waals surface area contributed by atoms with E-state index in [1.54, 1.807) is 13.2 Å². The third kappa shape index (κ3) is 5.21. The molecule has 16 atom stereocenters. The third-order valence-electron chi connectivity index (χ3n) is 19.4. The Morgan fingerprint density at radius 1 is 0.914 bits per heavy atom. The highest BCUT2D eigenvalue weighted by atomic mass is 16.5. The first kappa shape index (κ1) is 40.2. The number of carbonyl (C=O) groups is 2. The molecule has 10 nitrogen and oxygen atoms in total. The standard InChI is InChI=1S/C48H69NO9/c1-57-20-8-19-49-26-31-21-30-25-46(54)45(32-12-3-2-4-13-32,41(30)35-24-40(52)58-42(31)35)18-16-39-44(27-50)17-15-38(51)36-22-29-11-7-14-33(28-9-5-6-10-28)34(29)23-37(47(36,44)55)43(53)48(39,46)56/h7,11,21,24,27-30,32-34,36-39,41-43,49,51,53-56H,2-6,8-10,12-20,22-23,25-26H2,1H3. The number of allylic oxidation sites excluding steroid dienone is 3. The minimum atomic E-state index is -2.12. The molecule has 7 saturated carbocycles. The summed E-state index contributed by atoms with van der Waals surface area (Å²) in [5.74, 6) is -2.20. The third-order valence-corrected chi connectivity index (χ3v) is 19.4. The van der Waals surface area contributed by atoms with E-state index in [2.05, 4.69) is 23.5 Å². The Hall–Kier alpha value is -1.92. The van der Waals surface area contributed by atoms with Crippen LogP contribution in [0.2, 0.25) is 0 Å². The van der Waals surface area contributed by atoms with E-state index < -0.39 is 63.7 Å². The van der Waals surface area contributed by atoms with E-state index in [4.69, 9.17) is 9.47 Å². The number of aliphatic hydroxyl groups is 5. The summed E-state index contributed by atoms with van der Waals surface area (Å²) in [6, 6.07) is 0. The number of hydrogen-bond donors (Lipinski definition) is 6. The van der Waals surface area contributed by atoms with Crippen molar-refractivity contribution in [1.29, 1.82) is 0 Å². The second-order valence-corrected chi connectivity index (χ2v) is 21.1. The predicted molar refractivity (Wildman–Crippen MR) is 216 cm³/mol. The van der Waals surface area contributed by atoms with Gasteiger partial charge in [-0.15, -0.1) is 0 Å². The van der Waals surface area contributed by atoms with Crippen LogP contribution in [0.5, 0.6) is 0 Å². The molecule has 320 valence electrons. The van der Waals surface area contributed by atoms with Crippen LogP contribution in [0.25, 0.3) is 0 Å². The summed E-state index contributed by atoms with van der Waals surface area (Å²) in [6.07, 6.45) is 20.4. The van der Waals surface area contributed by atoms with Crippen molar-refractivity contribution in [3.63, 3.8) is 0 Å². The van der Waals surface area contributed by atoms with Crippen LogP contribution in [0.1, 0.15) is 116 Å². The Bertz CT molecular complexity index is 1720. The molecule has 6 N–H and O–H groups in total. The van der Waals surface area contributed by atoms with Crippen LogP contribution in [0.4, 0.5) is 0 Å². The van der Waals surface area contributed by atoms with Crippen LogP contribution in [0.15, 0.2) is 35.5 Å². The Morgan fingerprint density at radius 2 is 1.69 bits per heavy atom. The zero-order chi connectivity index (χ0) is 40.2. The number of ether oxygens (including phenoxy) is 2. The fourth-order valence-corrected chi connectivity index (χ4v) is 17.4. The Kier molecular flexibility index (Phi) is 10.1. The molecule has 10 rings (SSSR count). The summed E-state index contributed by atoms with van der Waals surface area (Å²) in [4.78, 5) is 27.6. The first-order valence-electron chi connectivity index (χ1n) is 23.5. The van der Waals surface area contributed by atoms with E-state index >= 15 is 0 Å². The number of hydrogen-bond acceptors (Lipinski definition) is 10. The summed E-state index contributed by atoms with van der Waals surface area (Å²) in [7, 11) is 1.69. The summed E-state index contributed by atoms with van der Waals surface area (Å²) in [6.45, 7) is 1.88. The summed E-state index contributed by atoms with van der Waals surface area (Å²) >= 11 is 0. The lowest BCUT2D eigenvalue weighted by atomic mass is 9.34. The molecule has 0 spiro atoms. The highest BCUT2D eigenvalue weighted by Crippen LogP contribution is 2.78. The Morgan fingerprint density at radius 3 is 2.45 bits per heavy atom. The number of aldehydes is 1. The number of carbonyl (C=O) groups excluding carboxylic acids is 2. The topological polar surface area (TPSA) is 166 Å². The zero-order valence-corrected chi connectivity index (χ0v) is 34.6. The maximum absolute atomic E-state index is 14.3. The van der Waals surface area contributed by atoms with Gasteiger partial charge in [-0.3, -0.25) is 0 Å². The van der Waals surface area contributed by atoms with Crippen molar-refractivity contribution in [3.8, 4) is 0 Å². The fourth-order valence-electron chi connectivity index (χ4n) is 17.4. The maximum atomic E-state index is 14.3. The maximum Gasteiger partial charge on any atom is 0.331 e. The minimum absolute atomic E-state index is 0.0282. The lowest BCUT2D eigenvalue weighted by molar-refractivity contribution is -0.379. The molecule has 0 aromatic carbocycles. The van der Waals surface area contributed by atoms with Gasteiger partial charge in [-0.05, 0) is 130 Å². The van der Waals surface area contributed by atoms with Gasteiger partial charge in [0.15, 0.2) is 0 Å². The van der Waals surface area contributed by atoms with E-state index in [1.165, 1.54) is 25.7 Å². The second kappa shape index (κ2) is 14.6. The number of rotatable bonds is 9. The van der Waals surface area contributed by atoms with Crippen LogP contribution < -0.4 is 5.32 Å². The summed E-state index contributed by atoms with van der Waals surface area (Å²) < 4.78 is 11.4. The predicted octanol–water partition coefficient (Wildman–Crippen LogP) is 4.95. The number of nitrogens with one attached hydrogen (secondary N) is 1. The van der Waals surface area contributed by atoms with E-state index in [0.717, 1.165) is 68.9 Å². The normalized spacial score (nSPS) is 50.9. The molecule has 16 unspecified atom stereocenters. The monoisotopic (exact) mass is 803 g/mol. The second-order valence-electron chi connectivity index (χ2n) is 21.1. The van der Waals surface area contributed by atoms with Gasteiger partial charge in [-0.2, -0.15) is 0 Å². The molecule has 0 radical (unpaired) electrons. The van der Waals surface area contributed by atoms with Crippen molar-refractivity contribution >= 4 is 12.3 Å². The van der Waals surface area contributed by atoms with Crippen molar-refractivity contribution < 1.29 is 44.6 Å². The van der Waals surface area contributed by atoms with E-state index in [1.807, 2.05) is 0 Å². The largest absolute Gasteiger partial charge is 0.450 e. The molecule has 0 bridgehead atoms. The quantitative estimate of drug-likeness (QED) is 0.0814. The van der Waals surface area contributed by atoms with Crippen LogP contribution in [0, 0.1) is 70.0 Å². The lowest BCUT2D eigenvalue weighted by Gasteiger charge is -2.74. The van der Waals surface area contributed by atoms with Crippen LogP contribution in [0.3, 0.4) is 0 Å². The molecular formula is C48H69NO9. The van der Waals surface area contributed by atoms with Gasteiger partial charge < -0.3 is 45.1 Å². The first-order valence-corrected chi connectivity index (χ1v) is 23.5. The Balaban J connectivity index is 1.12. The number of methoxy groups -OCH3 is 1. The highest BCUT2D eigenvalue weighted by Gasteiger charge is 2.86. The lowest BCUT2D eigenvalue weighted by Crippen LogP contribution is -2.85. The molecule has 0 aromatic rings. The van der Waals surface area contributed by atoms with E-state index in [0.29, 0.717) is 57.1 Å². The minimum Gasteiger partial charge on any atom is -0.450 e. The Labute approximate surface area is 344 Å². The highest BCUT2D eigenvalue weighted by molar-refractivity contribution is 5.87. The van der Waals surface area contributed by atoms with Crippen molar-refractivity contribution in [1.82, 2.24) is 5.32 Å². The number of esters is 1. The van der Waals surface area contributed by atoms with Crippen LogP contribution in [-0.2, 0) is 19.1 Å². The van der Waals surface area contributed by atoms with Gasteiger partial charge in [0.05, 0.1) is 23.2 Å². The van der Waals surface area contributed by atoms with Gasteiger partial charge >= 0.3 is 5.97 Å². The van der Waals surface area contributed by atoms with Gasteiger partial charge in [0.25, 0.3) is 0 Å². The first-order chi connectivity index (χ1) is 28.0. The molecular weight excluding hydrogens is 735 g/mol. The molecule has 0 amide bonds. The molecule has 10 heteroatoms. The van der Waals surface area contributed by atoms with Crippen molar-refractivity contribution in [2.24, 2.45) is 70.0 Å². The molecule has 10 aliphatic rings. The fraction of sp³-hybridized carbons (Fsp3) is 0.833. The molecule has 58 heavy (non-hydrogen) atoms. The SMILES string of the molecule is COCCCNCC1=CC2CC3(O)C4(O)C(O)C5CC6C(C=CCC6C6CCCC6)CC6C(O)CCC(C=O)(C4CCC3(C3CCCCC3)C2C2=CC(=O)OC12)C65O. The van der Waals surface area contributed by atoms with Gasteiger partial charge in [0.2, 0.25) is 0 Å². The van der Waals surface area contributed by atoms with Crippen molar-refractivity contribution in [2.75, 3.05) is 26.8 Å². The zero-order valence-electron chi connectivity index (χ0n) is 34.6. The van der Waals surface area contributed by atoms with Crippen molar-refractivity contribution in [3.05, 3.63) is 35.5 Å². The molecule has 1 aliphatic heterocycles. The molecule has 0 saturated heterocycles. The molecule has 1 heterocycles. The van der Waals surface area contributed by atoms with Gasteiger partial charge in [-0.1, -0.05) is 63.2 Å². The van der Waals surface area contributed by atoms with E-state index in [-0.39, 0.29) is 48.4 Å². The smallest absolute Gasteiger partial charge is 0.331 e. The molecule has 0 aromatic heterocycles. The van der Waals surface area contributed by atoms with E-state index in [9.17, 15) is 35.1 Å². The van der Waals surface area contributed by atoms with Crippen molar-refractivity contribution in [2.45, 2.75) is 151 Å². The average molecular weight is 804 g/mol. The molecule has 7 fully saturated rings. The van der Waals surface area contributed by atoms with Crippen LogP contribution >= 0.6 is 0 Å². The van der Waals surface area contributed by atoms with Gasteiger partial charge in [-0.25, -0.2) is 4.79 Å². The summed E-state index contributed by atoms with van der Waals surface area (Å²) in [5.41, 5.74) is -6.22. The van der Waals surface area contributed by atoms with Gasteiger partial charge in [0.1, 0.15) is 23.6 Å². The average Bonchev–Trinajstić information content (AvgIpc) is 3.94. The van der Waals surface area contributed by atoms with Gasteiger partial charge in [0, 0.05) is 49.5 Å². The number of aliphatic hydroxyl groups excluding tert-OH is 2. The number of fused-ring (bicyclic) bond motifs is 9. The van der Waals surface area contributed by atoms with Crippen LogP contribution in [-0.4, -0.2) is 99.7 Å².